The van der Waals surface area contributed by atoms with E-state index in [1.807, 2.05) is 12.1 Å². The van der Waals surface area contributed by atoms with Crippen LogP contribution < -0.4 is 26.1 Å². The Bertz CT molecular complexity index is 1140. The number of hydrogen-bond donors (Lipinski definition) is 3. The Kier molecular flexibility index (Phi) is 7.85. The van der Waals surface area contributed by atoms with Gasteiger partial charge in [-0.3, -0.25) is 14.4 Å². The number of unbranched alkanes of at least 4 members (excludes halogenated alkanes) is 1. The fraction of sp³-hybridized carbons (Fsp3) is 0.292. The smallest absolute Gasteiger partial charge is 0.291 e. The summed E-state index contributed by atoms with van der Waals surface area (Å²) in [6.45, 7) is 3.18. The van der Waals surface area contributed by atoms with Gasteiger partial charge in [0.15, 0.2) is 11.2 Å². The zero-order chi connectivity index (χ0) is 22.9. The molecule has 168 valence electrons. The van der Waals surface area contributed by atoms with Crippen LogP contribution in [-0.4, -0.2) is 32.0 Å². The summed E-state index contributed by atoms with van der Waals surface area (Å²) in [4.78, 5) is 36.6. The molecule has 0 saturated carbocycles. The zero-order valence-corrected chi connectivity index (χ0v) is 18.2. The molecule has 3 N–H and O–H groups in total. The first kappa shape index (κ1) is 22.9. The van der Waals surface area contributed by atoms with Gasteiger partial charge in [0.2, 0.25) is 5.91 Å². The Balaban J connectivity index is 1.57. The fourth-order valence-corrected chi connectivity index (χ4v) is 3.16. The highest BCUT2D eigenvalue weighted by atomic mass is 16.5. The Morgan fingerprint density at radius 1 is 1.03 bits per heavy atom. The number of hydrogen-bond acceptors (Lipinski definition) is 6. The lowest BCUT2D eigenvalue weighted by atomic mass is 10.2. The van der Waals surface area contributed by atoms with Gasteiger partial charge in [-0.1, -0.05) is 19.4 Å². The number of benzene rings is 2. The summed E-state index contributed by atoms with van der Waals surface area (Å²) in [7, 11) is 1.47. The molecule has 0 saturated heterocycles. The summed E-state index contributed by atoms with van der Waals surface area (Å²) in [6, 6.07) is 13.2. The van der Waals surface area contributed by atoms with Crippen molar-refractivity contribution in [2.24, 2.45) is 0 Å². The Morgan fingerprint density at radius 2 is 1.78 bits per heavy atom. The molecule has 3 rings (SSSR count). The molecule has 0 fully saturated rings. The van der Waals surface area contributed by atoms with Gasteiger partial charge in [0.1, 0.15) is 16.7 Å². The second kappa shape index (κ2) is 11.0. The monoisotopic (exact) mass is 437 g/mol. The molecular formula is C24H27N3O5. The molecule has 1 aromatic heterocycles. The van der Waals surface area contributed by atoms with E-state index >= 15 is 0 Å². The average molecular weight is 437 g/mol. The van der Waals surface area contributed by atoms with E-state index in [1.165, 1.54) is 7.11 Å². The van der Waals surface area contributed by atoms with Crippen LogP contribution in [0, 0.1) is 0 Å². The molecule has 0 aliphatic rings. The minimum absolute atomic E-state index is 0.0606. The molecule has 0 bridgehead atoms. The fourth-order valence-electron chi connectivity index (χ4n) is 3.16. The van der Waals surface area contributed by atoms with E-state index in [4.69, 9.17) is 9.15 Å². The van der Waals surface area contributed by atoms with Crippen LogP contribution in [-0.2, 0) is 4.79 Å². The van der Waals surface area contributed by atoms with Gasteiger partial charge in [0.05, 0.1) is 7.11 Å². The zero-order valence-electron chi connectivity index (χ0n) is 18.2. The maximum Gasteiger partial charge on any atom is 0.291 e. The highest BCUT2D eigenvalue weighted by Crippen LogP contribution is 2.23. The number of ether oxygens (including phenoxy) is 1. The first-order valence-electron chi connectivity index (χ1n) is 10.5. The molecular weight excluding hydrogens is 410 g/mol. The molecule has 1 heterocycles. The van der Waals surface area contributed by atoms with E-state index in [9.17, 15) is 14.4 Å². The normalized spacial score (nSPS) is 10.6. The average Bonchev–Trinajstić information content (AvgIpc) is 2.80. The lowest BCUT2D eigenvalue weighted by molar-refractivity contribution is -0.121. The summed E-state index contributed by atoms with van der Waals surface area (Å²) in [6.07, 6.45) is 2.44. The Labute approximate surface area is 186 Å². The van der Waals surface area contributed by atoms with Crippen LogP contribution in [0.1, 0.15) is 36.7 Å². The topological polar surface area (TPSA) is 110 Å². The van der Waals surface area contributed by atoms with Gasteiger partial charge in [-0.25, -0.2) is 0 Å². The van der Waals surface area contributed by atoms with Gasteiger partial charge in [-0.2, -0.15) is 0 Å². The third-order valence-corrected chi connectivity index (χ3v) is 4.84. The maximum atomic E-state index is 12.6. The highest BCUT2D eigenvalue weighted by molar-refractivity contribution is 6.03. The van der Waals surface area contributed by atoms with Gasteiger partial charge in [0, 0.05) is 37.0 Å². The van der Waals surface area contributed by atoms with Crippen molar-refractivity contribution in [3.05, 3.63) is 64.5 Å². The van der Waals surface area contributed by atoms with E-state index in [-0.39, 0.29) is 22.7 Å². The molecule has 8 heteroatoms. The van der Waals surface area contributed by atoms with Gasteiger partial charge < -0.3 is 25.1 Å². The van der Waals surface area contributed by atoms with Crippen LogP contribution >= 0.6 is 0 Å². The lowest BCUT2D eigenvalue weighted by Crippen LogP contribution is -2.28. The number of nitrogens with one attached hydrogen (secondary N) is 3. The number of anilines is 2. The standard InChI is InChI=1S/C24H27N3O5/c1-3-4-8-22(29)26-14-13-25-16-9-11-17(12-10-16)27-24(30)21-15-18(28)23-19(31-2)6-5-7-20(23)32-21/h5-7,9-12,15,25H,3-4,8,13-14H2,1-2H3,(H,26,29)(H,27,30). The molecule has 32 heavy (non-hydrogen) atoms. The van der Waals surface area contributed by atoms with Crippen molar-refractivity contribution in [1.29, 1.82) is 0 Å². The largest absolute Gasteiger partial charge is 0.496 e. The Morgan fingerprint density at radius 3 is 2.50 bits per heavy atom. The number of amides is 2. The third-order valence-electron chi connectivity index (χ3n) is 4.84. The quantitative estimate of drug-likeness (QED) is 0.417. The van der Waals surface area contributed by atoms with E-state index in [2.05, 4.69) is 22.9 Å². The van der Waals surface area contributed by atoms with E-state index in [0.717, 1.165) is 24.6 Å². The van der Waals surface area contributed by atoms with Crippen LogP contribution in [0.15, 0.2) is 57.7 Å². The molecule has 3 aromatic rings. The van der Waals surface area contributed by atoms with Crippen molar-refractivity contribution in [3.63, 3.8) is 0 Å². The van der Waals surface area contributed by atoms with Crippen LogP contribution in [0.4, 0.5) is 11.4 Å². The van der Waals surface area contributed by atoms with Gasteiger partial charge in [-0.05, 0) is 42.8 Å². The van der Waals surface area contributed by atoms with Gasteiger partial charge in [0.25, 0.3) is 5.91 Å². The number of carbonyl (C=O) groups excluding carboxylic acids is 2. The predicted octanol–water partition coefficient (Wildman–Crippen LogP) is 3.77. The van der Waals surface area contributed by atoms with E-state index in [1.54, 1.807) is 30.3 Å². The minimum Gasteiger partial charge on any atom is -0.496 e. The second-order valence-corrected chi connectivity index (χ2v) is 7.22. The number of carbonyl (C=O) groups is 2. The second-order valence-electron chi connectivity index (χ2n) is 7.22. The third kappa shape index (κ3) is 5.87. The molecule has 2 amide bonds. The van der Waals surface area contributed by atoms with Crippen LogP contribution in [0.2, 0.25) is 0 Å². The summed E-state index contributed by atoms with van der Waals surface area (Å²) < 4.78 is 10.8. The molecule has 0 spiro atoms. The van der Waals surface area contributed by atoms with Crippen molar-refractivity contribution < 1.29 is 18.7 Å². The molecule has 8 nitrogen and oxygen atoms in total. The summed E-state index contributed by atoms with van der Waals surface area (Å²) >= 11 is 0. The van der Waals surface area contributed by atoms with E-state index in [0.29, 0.717) is 36.3 Å². The van der Waals surface area contributed by atoms with Crippen molar-refractivity contribution >= 4 is 34.2 Å². The molecule has 0 radical (unpaired) electrons. The van der Waals surface area contributed by atoms with Crippen LogP contribution in [0.25, 0.3) is 11.0 Å². The number of methoxy groups -OCH3 is 1. The Hall–Kier alpha value is -3.81. The van der Waals surface area contributed by atoms with Crippen molar-refractivity contribution in [3.8, 4) is 5.75 Å². The van der Waals surface area contributed by atoms with Gasteiger partial charge in [-0.15, -0.1) is 0 Å². The van der Waals surface area contributed by atoms with Crippen LogP contribution in [0.3, 0.4) is 0 Å². The molecule has 0 atom stereocenters. The summed E-state index contributed by atoms with van der Waals surface area (Å²) in [5.41, 5.74) is 1.34. The van der Waals surface area contributed by atoms with Crippen LogP contribution in [0.5, 0.6) is 5.75 Å². The summed E-state index contributed by atoms with van der Waals surface area (Å²) in [5.74, 6) is -0.156. The molecule has 0 unspecified atom stereocenters. The minimum atomic E-state index is -0.526. The molecule has 2 aromatic carbocycles. The van der Waals surface area contributed by atoms with Crippen molar-refractivity contribution in [2.45, 2.75) is 26.2 Å². The number of rotatable bonds is 10. The first-order valence-corrected chi connectivity index (χ1v) is 10.5. The number of fused-ring (bicyclic) bond motifs is 1. The van der Waals surface area contributed by atoms with Crippen molar-refractivity contribution in [2.75, 3.05) is 30.8 Å². The van der Waals surface area contributed by atoms with Crippen molar-refractivity contribution in [1.82, 2.24) is 5.32 Å². The lowest BCUT2D eigenvalue weighted by Gasteiger charge is -2.10. The highest BCUT2D eigenvalue weighted by Gasteiger charge is 2.15. The van der Waals surface area contributed by atoms with E-state index < -0.39 is 5.91 Å². The van der Waals surface area contributed by atoms with Gasteiger partial charge >= 0.3 is 0 Å². The molecule has 0 aliphatic carbocycles. The molecule has 0 aliphatic heterocycles. The SMILES string of the molecule is CCCCC(=O)NCCNc1ccc(NC(=O)c2cc(=O)c3c(OC)cccc3o2)cc1. The summed E-state index contributed by atoms with van der Waals surface area (Å²) in [5, 5.41) is 9.09. The predicted molar refractivity (Wildman–Crippen MR) is 124 cm³/mol. The first-order chi connectivity index (χ1) is 15.5. The maximum absolute atomic E-state index is 12.6.